The Morgan fingerprint density at radius 2 is 1.88 bits per heavy atom. The highest BCUT2D eigenvalue weighted by Crippen LogP contribution is 2.10. The van der Waals surface area contributed by atoms with E-state index in [2.05, 4.69) is 32.3 Å². The van der Waals surface area contributed by atoms with Crippen molar-refractivity contribution in [2.24, 2.45) is 10.9 Å². The molecule has 2 saturated heterocycles. The van der Waals surface area contributed by atoms with Gasteiger partial charge in [-0.2, -0.15) is 0 Å². The minimum absolute atomic E-state index is 0. The highest BCUT2D eigenvalue weighted by Gasteiger charge is 2.20. The Balaban J connectivity index is 0.00000338. The molecule has 0 aromatic heterocycles. The van der Waals surface area contributed by atoms with Crippen LogP contribution in [0.4, 0.5) is 0 Å². The fourth-order valence-corrected chi connectivity index (χ4v) is 3.47. The number of hydrogen-bond acceptors (Lipinski definition) is 5. The Kier molecular flexibility index (Phi) is 12.8. The number of rotatable bonds is 8. The molecule has 0 amide bonds. The van der Waals surface area contributed by atoms with Crippen LogP contribution in [0.5, 0.6) is 0 Å². The molecule has 2 aliphatic heterocycles. The number of aliphatic imine (C=N–C) groups is 1. The Morgan fingerprint density at radius 1 is 1.19 bits per heavy atom. The average molecular weight is 483 g/mol. The van der Waals surface area contributed by atoms with Crippen LogP contribution in [0.2, 0.25) is 0 Å². The zero-order valence-corrected chi connectivity index (χ0v) is 19.0. The molecule has 0 aliphatic carbocycles. The second-order valence-electron chi connectivity index (χ2n) is 7.22. The van der Waals surface area contributed by atoms with Crippen molar-refractivity contribution in [1.29, 1.82) is 0 Å². The average Bonchev–Trinajstić information content (AvgIpc) is 2.65. The number of halogens is 1. The molecule has 8 heteroatoms. The fourth-order valence-electron chi connectivity index (χ4n) is 3.47. The summed E-state index contributed by atoms with van der Waals surface area (Å²) in [5.74, 6) is 1.52. The van der Waals surface area contributed by atoms with Crippen LogP contribution < -0.4 is 10.6 Å². The summed E-state index contributed by atoms with van der Waals surface area (Å²) in [4.78, 5) is 9.36. The predicted molar refractivity (Wildman–Crippen MR) is 118 cm³/mol. The van der Waals surface area contributed by atoms with Gasteiger partial charge in [0.25, 0.3) is 0 Å². The normalized spacial score (nSPS) is 21.9. The van der Waals surface area contributed by atoms with Crippen molar-refractivity contribution in [3.05, 3.63) is 0 Å². The summed E-state index contributed by atoms with van der Waals surface area (Å²) in [6, 6.07) is 0.513. The molecule has 1 unspecified atom stereocenters. The quantitative estimate of drug-likeness (QED) is 0.303. The van der Waals surface area contributed by atoms with Crippen LogP contribution in [0.25, 0.3) is 0 Å². The Hall–Kier alpha value is -0.160. The maximum Gasteiger partial charge on any atom is 0.191 e. The molecule has 2 N–H and O–H groups in total. The summed E-state index contributed by atoms with van der Waals surface area (Å²) in [6.07, 6.45) is 2.32. The van der Waals surface area contributed by atoms with E-state index in [1.807, 2.05) is 7.05 Å². The number of ether oxygens (including phenoxy) is 2. The number of piperidine rings is 1. The van der Waals surface area contributed by atoms with Gasteiger partial charge in [-0.15, -0.1) is 24.0 Å². The Bertz CT molecular complexity index is 386. The fraction of sp³-hybridized carbons (Fsp3) is 0.944. The van der Waals surface area contributed by atoms with Crippen LogP contribution in [0.1, 0.15) is 19.8 Å². The SMILES string of the molecule is CN=C(NCC(C)CN1CCOCC1)NC1CCN(CCOC)CC1.I. The van der Waals surface area contributed by atoms with Crippen LogP contribution in [-0.2, 0) is 9.47 Å². The molecular weight excluding hydrogens is 445 g/mol. The molecule has 0 saturated carbocycles. The molecule has 0 aromatic carbocycles. The number of nitrogens with one attached hydrogen (secondary N) is 2. The first-order chi connectivity index (χ1) is 12.2. The van der Waals surface area contributed by atoms with E-state index in [-0.39, 0.29) is 24.0 Å². The number of nitrogens with zero attached hydrogens (tertiary/aromatic N) is 3. The minimum atomic E-state index is 0. The maximum absolute atomic E-state index is 5.41. The zero-order valence-electron chi connectivity index (χ0n) is 16.7. The molecule has 2 aliphatic rings. The molecule has 0 radical (unpaired) electrons. The standard InChI is InChI=1S/C18H37N5O2.HI/c1-16(15-23-9-12-25-13-10-23)14-20-18(19-2)21-17-4-6-22(7-5-17)8-11-24-3;/h16-17H,4-15H2,1-3H3,(H2,19,20,21);1H. The molecule has 0 bridgehead atoms. The smallest absolute Gasteiger partial charge is 0.191 e. The lowest BCUT2D eigenvalue weighted by molar-refractivity contribution is 0.0320. The van der Waals surface area contributed by atoms with Crippen LogP contribution in [0, 0.1) is 5.92 Å². The van der Waals surface area contributed by atoms with Gasteiger partial charge in [0, 0.05) is 66.0 Å². The van der Waals surface area contributed by atoms with Crippen molar-refractivity contribution in [1.82, 2.24) is 20.4 Å². The first kappa shape index (κ1) is 23.9. The molecule has 154 valence electrons. The summed E-state index contributed by atoms with van der Waals surface area (Å²) >= 11 is 0. The van der Waals surface area contributed by atoms with Gasteiger partial charge in [0.15, 0.2) is 5.96 Å². The van der Waals surface area contributed by atoms with Crippen molar-refractivity contribution in [2.75, 3.05) is 79.8 Å². The molecule has 2 rings (SSSR count). The van der Waals surface area contributed by atoms with E-state index in [1.54, 1.807) is 7.11 Å². The third kappa shape index (κ3) is 9.16. The van der Waals surface area contributed by atoms with Crippen molar-refractivity contribution in [3.63, 3.8) is 0 Å². The van der Waals surface area contributed by atoms with Gasteiger partial charge < -0.3 is 25.0 Å². The first-order valence-corrected chi connectivity index (χ1v) is 9.70. The van der Waals surface area contributed by atoms with Crippen molar-refractivity contribution < 1.29 is 9.47 Å². The summed E-state index contributed by atoms with van der Waals surface area (Å²) in [6.45, 7) is 12.3. The van der Waals surface area contributed by atoms with E-state index in [9.17, 15) is 0 Å². The highest BCUT2D eigenvalue weighted by molar-refractivity contribution is 14.0. The lowest BCUT2D eigenvalue weighted by Crippen LogP contribution is -2.50. The van der Waals surface area contributed by atoms with Gasteiger partial charge in [-0.1, -0.05) is 6.92 Å². The predicted octanol–water partition coefficient (Wildman–Crippen LogP) is 0.849. The van der Waals surface area contributed by atoms with Crippen molar-refractivity contribution in [3.8, 4) is 0 Å². The number of methoxy groups -OCH3 is 1. The molecule has 26 heavy (non-hydrogen) atoms. The molecule has 1 atom stereocenters. The summed E-state index contributed by atoms with van der Waals surface area (Å²) in [5.41, 5.74) is 0. The third-order valence-corrected chi connectivity index (χ3v) is 5.06. The zero-order chi connectivity index (χ0) is 17.9. The second kappa shape index (κ2) is 13.9. The third-order valence-electron chi connectivity index (χ3n) is 5.06. The number of likely N-dealkylation sites (tertiary alicyclic amines) is 1. The molecule has 2 heterocycles. The highest BCUT2D eigenvalue weighted by atomic mass is 127. The molecular formula is C18H38IN5O2. The van der Waals surface area contributed by atoms with Crippen LogP contribution >= 0.6 is 24.0 Å². The van der Waals surface area contributed by atoms with Crippen LogP contribution in [0.15, 0.2) is 4.99 Å². The van der Waals surface area contributed by atoms with Gasteiger partial charge in [-0.25, -0.2) is 0 Å². The second-order valence-corrected chi connectivity index (χ2v) is 7.22. The van der Waals surface area contributed by atoms with Gasteiger partial charge in [0.2, 0.25) is 0 Å². The largest absolute Gasteiger partial charge is 0.383 e. The van der Waals surface area contributed by atoms with E-state index in [1.165, 1.54) is 0 Å². The number of hydrogen-bond donors (Lipinski definition) is 2. The topological polar surface area (TPSA) is 61.4 Å². The Morgan fingerprint density at radius 3 is 2.50 bits per heavy atom. The molecule has 2 fully saturated rings. The summed E-state index contributed by atoms with van der Waals surface area (Å²) in [7, 11) is 3.62. The molecule has 7 nitrogen and oxygen atoms in total. The molecule has 0 spiro atoms. The Labute approximate surface area is 176 Å². The van der Waals surface area contributed by atoms with E-state index < -0.39 is 0 Å². The summed E-state index contributed by atoms with van der Waals surface area (Å²) < 4.78 is 10.6. The minimum Gasteiger partial charge on any atom is -0.383 e. The van der Waals surface area contributed by atoms with E-state index in [0.29, 0.717) is 12.0 Å². The first-order valence-electron chi connectivity index (χ1n) is 9.70. The van der Waals surface area contributed by atoms with Crippen molar-refractivity contribution in [2.45, 2.75) is 25.8 Å². The van der Waals surface area contributed by atoms with E-state index in [0.717, 1.165) is 84.4 Å². The van der Waals surface area contributed by atoms with Gasteiger partial charge in [0.1, 0.15) is 0 Å². The van der Waals surface area contributed by atoms with Gasteiger partial charge >= 0.3 is 0 Å². The van der Waals surface area contributed by atoms with Crippen LogP contribution in [-0.4, -0.2) is 102 Å². The number of guanidine groups is 1. The number of morpholine rings is 1. The maximum atomic E-state index is 5.41. The van der Waals surface area contributed by atoms with Gasteiger partial charge in [-0.05, 0) is 18.8 Å². The van der Waals surface area contributed by atoms with E-state index in [4.69, 9.17) is 9.47 Å². The lowest BCUT2D eigenvalue weighted by atomic mass is 10.1. The van der Waals surface area contributed by atoms with Crippen molar-refractivity contribution >= 4 is 29.9 Å². The lowest BCUT2D eigenvalue weighted by Gasteiger charge is -2.33. The molecule has 0 aromatic rings. The van der Waals surface area contributed by atoms with Crippen LogP contribution in [0.3, 0.4) is 0 Å². The van der Waals surface area contributed by atoms with Gasteiger partial charge in [0.05, 0.1) is 19.8 Å². The monoisotopic (exact) mass is 483 g/mol. The van der Waals surface area contributed by atoms with E-state index >= 15 is 0 Å². The summed E-state index contributed by atoms with van der Waals surface area (Å²) in [5, 5.41) is 7.09. The van der Waals surface area contributed by atoms with Gasteiger partial charge in [-0.3, -0.25) is 9.89 Å².